The van der Waals surface area contributed by atoms with E-state index < -0.39 is 17.6 Å². The van der Waals surface area contributed by atoms with E-state index in [1.807, 2.05) is 0 Å². The van der Waals surface area contributed by atoms with Gasteiger partial charge in [0, 0.05) is 0 Å². The van der Waals surface area contributed by atoms with E-state index in [1.54, 1.807) is 18.2 Å². The number of carboxylic acid groups (broad SMARTS) is 1. The monoisotopic (exact) mass is 403 g/mol. The van der Waals surface area contributed by atoms with Crippen molar-refractivity contribution in [2.24, 2.45) is 0 Å². The van der Waals surface area contributed by atoms with Crippen LogP contribution in [0.25, 0.3) is 6.08 Å². The van der Waals surface area contributed by atoms with Gasteiger partial charge in [-0.2, -0.15) is 0 Å². The molecule has 3 rings (SSSR count). The zero-order valence-corrected chi connectivity index (χ0v) is 15.5. The maximum absolute atomic E-state index is 12.8. The van der Waals surface area contributed by atoms with Gasteiger partial charge in [0.25, 0.3) is 5.91 Å². The highest BCUT2D eigenvalue weighted by atomic mass is 32.2. The number of benzene rings is 2. The summed E-state index contributed by atoms with van der Waals surface area (Å²) in [6.07, 6.45) is 1.60. The minimum absolute atomic E-state index is 0.0208. The quantitative estimate of drug-likeness (QED) is 0.528. The van der Waals surface area contributed by atoms with Crippen molar-refractivity contribution >= 4 is 51.9 Å². The molecule has 0 spiro atoms. The van der Waals surface area contributed by atoms with Crippen LogP contribution in [0.5, 0.6) is 17.2 Å². The first kappa shape index (κ1) is 18.7. The van der Waals surface area contributed by atoms with Crippen LogP contribution < -0.4 is 9.64 Å². The molecule has 1 amide bonds. The number of amides is 1. The molecule has 1 aliphatic heterocycles. The maximum Gasteiger partial charge on any atom is 0.339 e. The van der Waals surface area contributed by atoms with Gasteiger partial charge in [-0.3, -0.25) is 9.69 Å². The summed E-state index contributed by atoms with van der Waals surface area (Å²) in [6.45, 7) is 0. The fraction of sp³-hybridized carbons (Fsp3) is 0.0556. The molecule has 2 aromatic rings. The van der Waals surface area contributed by atoms with Crippen LogP contribution in [0, 0.1) is 0 Å². The van der Waals surface area contributed by atoms with Gasteiger partial charge in [0.1, 0.15) is 11.3 Å². The average molecular weight is 403 g/mol. The number of rotatable bonds is 4. The summed E-state index contributed by atoms with van der Waals surface area (Å²) in [5, 5.41) is 28.4. The number of carboxylic acids is 1. The molecule has 3 N–H and O–H groups in total. The predicted molar refractivity (Wildman–Crippen MR) is 105 cm³/mol. The second kappa shape index (κ2) is 7.29. The molecule has 9 heteroatoms. The Kier molecular flexibility index (Phi) is 5.06. The first-order valence-corrected chi connectivity index (χ1v) is 8.75. The lowest BCUT2D eigenvalue weighted by atomic mass is 10.1. The number of carbonyl (C=O) groups is 2. The maximum atomic E-state index is 12.8. The number of aromatic carboxylic acids is 1. The van der Waals surface area contributed by atoms with Gasteiger partial charge in [0.05, 0.1) is 17.7 Å². The van der Waals surface area contributed by atoms with Crippen LogP contribution in [-0.4, -0.2) is 38.6 Å². The zero-order valence-electron chi connectivity index (χ0n) is 13.9. The summed E-state index contributed by atoms with van der Waals surface area (Å²) in [5.74, 6) is -1.88. The van der Waals surface area contributed by atoms with Crippen LogP contribution in [0.4, 0.5) is 5.69 Å². The Morgan fingerprint density at radius 2 is 1.89 bits per heavy atom. The molecule has 0 radical (unpaired) electrons. The number of thiocarbonyl (C=S) groups is 1. The highest BCUT2D eigenvalue weighted by Crippen LogP contribution is 2.38. The Balaban J connectivity index is 1.96. The molecular weight excluding hydrogens is 390 g/mol. The summed E-state index contributed by atoms with van der Waals surface area (Å²) < 4.78 is 5.28. The van der Waals surface area contributed by atoms with Gasteiger partial charge in [-0.25, -0.2) is 4.79 Å². The lowest BCUT2D eigenvalue weighted by Gasteiger charge is -2.15. The number of hydrogen-bond acceptors (Lipinski definition) is 7. The SMILES string of the molecule is COc1cc(C=C2SC(=S)N(c3ccc(O)c(C(=O)O)c3)C2=O)ccc1O. The Morgan fingerprint density at radius 3 is 2.56 bits per heavy atom. The van der Waals surface area contributed by atoms with E-state index in [0.717, 1.165) is 11.8 Å². The second-order valence-electron chi connectivity index (χ2n) is 5.46. The van der Waals surface area contributed by atoms with Crippen LogP contribution >= 0.6 is 24.0 Å². The fourth-order valence-corrected chi connectivity index (χ4v) is 3.76. The van der Waals surface area contributed by atoms with E-state index in [9.17, 15) is 19.8 Å². The summed E-state index contributed by atoms with van der Waals surface area (Å²) in [4.78, 5) is 25.5. The predicted octanol–water partition coefficient (Wildman–Crippen LogP) is 3.21. The molecule has 1 heterocycles. The zero-order chi connectivity index (χ0) is 19.7. The Bertz CT molecular complexity index is 1000. The third-order valence-electron chi connectivity index (χ3n) is 3.76. The topological polar surface area (TPSA) is 107 Å². The standard InChI is InChI=1S/C18H13NO6S2/c1-25-14-6-9(2-4-13(14)21)7-15-16(22)19(18(26)27-15)10-3-5-12(20)11(8-10)17(23)24/h2-8,20-21H,1H3,(H,23,24). The van der Waals surface area contributed by atoms with Crippen molar-refractivity contribution in [3.05, 3.63) is 52.4 Å². The van der Waals surface area contributed by atoms with Crippen molar-refractivity contribution in [2.45, 2.75) is 0 Å². The van der Waals surface area contributed by atoms with E-state index in [1.165, 1.54) is 36.3 Å². The summed E-state index contributed by atoms with van der Waals surface area (Å²) in [5.41, 5.74) is 0.551. The number of nitrogens with zero attached hydrogens (tertiary/aromatic N) is 1. The van der Waals surface area contributed by atoms with E-state index in [2.05, 4.69) is 0 Å². The first-order valence-electron chi connectivity index (χ1n) is 7.53. The molecule has 1 aliphatic rings. The molecule has 0 unspecified atom stereocenters. The number of hydrogen-bond donors (Lipinski definition) is 3. The third kappa shape index (κ3) is 3.60. The van der Waals surface area contributed by atoms with Crippen molar-refractivity contribution < 1.29 is 29.6 Å². The van der Waals surface area contributed by atoms with Crippen LogP contribution in [-0.2, 0) is 4.79 Å². The number of thioether (sulfide) groups is 1. The normalized spacial score (nSPS) is 15.4. The molecule has 0 atom stereocenters. The molecule has 27 heavy (non-hydrogen) atoms. The van der Waals surface area contributed by atoms with E-state index in [0.29, 0.717) is 10.5 Å². The molecule has 2 aromatic carbocycles. The van der Waals surface area contributed by atoms with Crippen molar-refractivity contribution in [3.8, 4) is 17.2 Å². The minimum Gasteiger partial charge on any atom is -0.507 e. The molecule has 0 aromatic heterocycles. The Hall–Kier alpha value is -3.04. The summed E-state index contributed by atoms with van der Waals surface area (Å²) >= 11 is 6.32. The van der Waals surface area contributed by atoms with Gasteiger partial charge in [-0.05, 0) is 42.0 Å². The Labute approximate surface area is 163 Å². The second-order valence-corrected chi connectivity index (χ2v) is 7.13. The number of phenolic OH excluding ortho intramolecular Hbond substituents is 1. The van der Waals surface area contributed by atoms with Crippen molar-refractivity contribution in [2.75, 3.05) is 12.0 Å². The number of anilines is 1. The van der Waals surface area contributed by atoms with E-state index in [-0.39, 0.29) is 27.1 Å². The number of aromatic hydroxyl groups is 2. The molecule has 138 valence electrons. The largest absolute Gasteiger partial charge is 0.507 e. The highest BCUT2D eigenvalue weighted by molar-refractivity contribution is 8.27. The molecule has 0 bridgehead atoms. The summed E-state index contributed by atoms with van der Waals surface area (Å²) in [7, 11) is 1.42. The molecular formula is C18H13NO6S2. The number of ether oxygens (including phenoxy) is 1. The van der Waals surface area contributed by atoms with Gasteiger partial charge >= 0.3 is 5.97 Å². The number of carbonyl (C=O) groups excluding carboxylic acids is 1. The average Bonchev–Trinajstić information content (AvgIpc) is 2.90. The lowest BCUT2D eigenvalue weighted by Crippen LogP contribution is -2.27. The molecule has 1 saturated heterocycles. The van der Waals surface area contributed by atoms with Crippen LogP contribution in [0.15, 0.2) is 41.3 Å². The fourth-order valence-electron chi connectivity index (χ4n) is 2.46. The van der Waals surface area contributed by atoms with Crippen LogP contribution in [0.1, 0.15) is 15.9 Å². The molecule has 1 fully saturated rings. The van der Waals surface area contributed by atoms with E-state index in [4.69, 9.17) is 22.1 Å². The van der Waals surface area contributed by atoms with Crippen LogP contribution in [0.2, 0.25) is 0 Å². The van der Waals surface area contributed by atoms with Gasteiger partial charge in [-0.1, -0.05) is 30.0 Å². The number of phenols is 2. The van der Waals surface area contributed by atoms with Gasteiger partial charge < -0.3 is 20.1 Å². The van der Waals surface area contributed by atoms with Crippen molar-refractivity contribution in [1.29, 1.82) is 0 Å². The van der Waals surface area contributed by atoms with Crippen molar-refractivity contribution in [3.63, 3.8) is 0 Å². The minimum atomic E-state index is -1.31. The van der Waals surface area contributed by atoms with E-state index >= 15 is 0 Å². The van der Waals surface area contributed by atoms with Gasteiger partial charge in [0.2, 0.25) is 0 Å². The molecule has 0 saturated carbocycles. The Morgan fingerprint density at radius 1 is 1.19 bits per heavy atom. The highest BCUT2D eigenvalue weighted by Gasteiger charge is 2.34. The molecule has 0 aliphatic carbocycles. The summed E-state index contributed by atoms with van der Waals surface area (Å²) in [6, 6.07) is 8.45. The third-order valence-corrected chi connectivity index (χ3v) is 5.07. The smallest absolute Gasteiger partial charge is 0.339 e. The number of methoxy groups -OCH3 is 1. The molecule has 7 nitrogen and oxygen atoms in total. The van der Waals surface area contributed by atoms with Gasteiger partial charge in [-0.15, -0.1) is 0 Å². The lowest BCUT2D eigenvalue weighted by molar-refractivity contribution is -0.113. The van der Waals surface area contributed by atoms with Crippen LogP contribution in [0.3, 0.4) is 0 Å². The van der Waals surface area contributed by atoms with Crippen molar-refractivity contribution in [1.82, 2.24) is 0 Å². The first-order chi connectivity index (χ1) is 12.8. The van der Waals surface area contributed by atoms with Gasteiger partial charge in [0.15, 0.2) is 15.8 Å².